The number of benzene rings is 1. The summed E-state index contributed by atoms with van der Waals surface area (Å²) < 4.78 is 27.0. The highest BCUT2D eigenvalue weighted by Crippen LogP contribution is 2.26. The molecule has 1 aromatic heterocycles. The number of hydrogen-bond acceptors (Lipinski definition) is 7. The van der Waals surface area contributed by atoms with E-state index in [-0.39, 0.29) is 11.3 Å². The van der Waals surface area contributed by atoms with Crippen molar-refractivity contribution in [2.45, 2.75) is 50.8 Å². The van der Waals surface area contributed by atoms with Crippen LogP contribution in [0, 0.1) is 5.92 Å². The van der Waals surface area contributed by atoms with E-state index in [0.717, 1.165) is 70.0 Å². The van der Waals surface area contributed by atoms with E-state index in [4.69, 9.17) is 0 Å². The van der Waals surface area contributed by atoms with E-state index >= 15 is 0 Å². The molecule has 180 valence electrons. The Morgan fingerprint density at radius 2 is 1.55 bits per heavy atom. The lowest BCUT2D eigenvalue weighted by molar-refractivity contribution is 0.323. The molecular formula is C24H36N6O2S. The Labute approximate surface area is 197 Å². The van der Waals surface area contributed by atoms with Crippen LogP contribution < -0.4 is 19.8 Å². The molecule has 1 aliphatic carbocycles. The van der Waals surface area contributed by atoms with Crippen LogP contribution in [0.5, 0.6) is 0 Å². The van der Waals surface area contributed by atoms with Crippen LogP contribution in [0.2, 0.25) is 0 Å². The maximum absolute atomic E-state index is 12.1. The molecule has 33 heavy (non-hydrogen) atoms. The predicted molar refractivity (Wildman–Crippen MR) is 134 cm³/mol. The lowest BCUT2D eigenvalue weighted by Crippen LogP contribution is -2.47. The summed E-state index contributed by atoms with van der Waals surface area (Å²) in [6, 6.07) is 10.6. The Morgan fingerprint density at radius 1 is 0.939 bits per heavy atom. The van der Waals surface area contributed by atoms with Gasteiger partial charge in [-0.1, -0.05) is 0 Å². The van der Waals surface area contributed by atoms with Crippen molar-refractivity contribution in [3.05, 3.63) is 42.7 Å². The number of nitrogens with zero attached hydrogens (tertiary/aromatic N) is 4. The smallest absolute Gasteiger partial charge is 0.225 e. The largest absolute Gasteiger partial charge is 0.385 e. The van der Waals surface area contributed by atoms with E-state index < -0.39 is 10.0 Å². The monoisotopic (exact) mass is 472 g/mol. The van der Waals surface area contributed by atoms with Gasteiger partial charge in [0, 0.05) is 62.5 Å². The topological polar surface area (TPSA) is 90.5 Å². The van der Waals surface area contributed by atoms with Gasteiger partial charge in [0.2, 0.25) is 16.0 Å². The van der Waals surface area contributed by atoms with Crippen LogP contribution in [-0.2, 0) is 10.0 Å². The van der Waals surface area contributed by atoms with Gasteiger partial charge in [-0.2, -0.15) is 0 Å². The van der Waals surface area contributed by atoms with Gasteiger partial charge in [0.05, 0.1) is 5.25 Å². The average molecular weight is 473 g/mol. The second-order valence-corrected chi connectivity index (χ2v) is 11.6. The Balaban J connectivity index is 1.19. The van der Waals surface area contributed by atoms with Crippen molar-refractivity contribution in [3.63, 3.8) is 0 Å². The average Bonchev–Trinajstić information content (AvgIpc) is 2.84. The first-order valence-electron chi connectivity index (χ1n) is 12.0. The number of rotatable bonds is 8. The number of piperazine rings is 1. The summed E-state index contributed by atoms with van der Waals surface area (Å²) in [5.41, 5.74) is 2.38. The van der Waals surface area contributed by atoms with Crippen LogP contribution in [0.25, 0.3) is 0 Å². The number of sulfonamides is 1. The molecular weight excluding hydrogens is 436 g/mol. The SMILES string of the molecule is CC(C)S(=O)(=O)NC1CCC(CNc2ccc(N3CCN(c4ncccn4)CC3)cc2)CC1. The van der Waals surface area contributed by atoms with Gasteiger partial charge in [-0.05, 0) is 75.8 Å². The summed E-state index contributed by atoms with van der Waals surface area (Å²) in [7, 11) is -3.18. The van der Waals surface area contributed by atoms with E-state index in [1.165, 1.54) is 5.69 Å². The predicted octanol–water partition coefficient (Wildman–Crippen LogP) is 3.10. The summed E-state index contributed by atoms with van der Waals surface area (Å²) in [5, 5.41) is 3.20. The molecule has 1 saturated heterocycles. The van der Waals surface area contributed by atoms with Gasteiger partial charge in [-0.3, -0.25) is 0 Å². The highest BCUT2D eigenvalue weighted by Gasteiger charge is 2.26. The van der Waals surface area contributed by atoms with Gasteiger partial charge in [-0.25, -0.2) is 23.1 Å². The fourth-order valence-corrected chi connectivity index (χ4v) is 5.50. The summed E-state index contributed by atoms with van der Waals surface area (Å²) in [6.45, 7) is 8.12. The van der Waals surface area contributed by atoms with Crippen LogP contribution in [0.1, 0.15) is 39.5 Å². The van der Waals surface area contributed by atoms with Crippen LogP contribution in [-0.4, -0.2) is 62.4 Å². The van der Waals surface area contributed by atoms with Crippen molar-refractivity contribution < 1.29 is 8.42 Å². The number of anilines is 3. The van der Waals surface area contributed by atoms with E-state index in [9.17, 15) is 8.42 Å². The first kappa shape index (κ1) is 23.8. The van der Waals surface area contributed by atoms with Gasteiger partial charge >= 0.3 is 0 Å². The maximum atomic E-state index is 12.1. The molecule has 0 spiro atoms. The Bertz CT molecular complexity index is 968. The standard InChI is InChI=1S/C24H36N6O2S/c1-19(2)33(31,32)28-22-6-4-20(5-7-22)18-27-21-8-10-23(11-9-21)29-14-16-30(17-15-29)24-25-12-3-13-26-24/h3,8-13,19-20,22,27-28H,4-7,14-18H2,1-2H3. The van der Waals surface area contributed by atoms with E-state index in [1.54, 1.807) is 26.2 Å². The molecule has 2 N–H and O–H groups in total. The molecule has 0 bridgehead atoms. The minimum atomic E-state index is -3.18. The maximum Gasteiger partial charge on any atom is 0.225 e. The van der Waals surface area contributed by atoms with Crippen molar-refractivity contribution in [2.24, 2.45) is 5.92 Å². The van der Waals surface area contributed by atoms with Gasteiger partial charge in [-0.15, -0.1) is 0 Å². The molecule has 1 aromatic carbocycles. The lowest BCUT2D eigenvalue weighted by Gasteiger charge is -2.36. The number of nitrogens with one attached hydrogen (secondary N) is 2. The third kappa shape index (κ3) is 6.35. The van der Waals surface area contributed by atoms with Gasteiger partial charge < -0.3 is 15.1 Å². The molecule has 9 heteroatoms. The molecule has 2 aliphatic rings. The third-order valence-electron chi connectivity index (χ3n) is 6.74. The van der Waals surface area contributed by atoms with Crippen LogP contribution in [0.4, 0.5) is 17.3 Å². The molecule has 4 rings (SSSR count). The Morgan fingerprint density at radius 3 is 2.15 bits per heavy atom. The molecule has 1 saturated carbocycles. The lowest BCUT2D eigenvalue weighted by atomic mass is 9.86. The van der Waals surface area contributed by atoms with Crippen LogP contribution in [0.15, 0.2) is 42.7 Å². The fraction of sp³-hybridized carbons (Fsp3) is 0.583. The van der Waals surface area contributed by atoms with Crippen molar-refractivity contribution in [3.8, 4) is 0 Å². The molecule has 2 fully saturated rings. The second kappa shape index (κ2) is 10.7. The Hall–Kier alpha value is -2.39. The number of hydrogen-bond donors (Lipinski definition) is 2. The summed E-state index contributed by atoms with van der Waals surface area (Å²) >= 11 is 0. The first-order valence-corrected chi connectivity index (χ1v) is 13.6. The zero-order chi connectivity index (χ0) is 23.3. The molecule has 1 aliphatic heterocycles. The van der Waals surface area contributed by atoms with E-state index in [1.807, 2.05) is 6.07 Å². The first-order chi connectivity index (χ1) is 15.9. The Kier molecular flexibility index (Phi) is 7.70. The minimum Gasteiger partial charge on any atom is -0.385 e. The highest BCUT2D eigenvalue weighted by molar-refractivity contribution is 7.90. The molecule has 0 amide bonds. The fourth-order valence-electron chi connectivity index (χ4n) is 4.52. The van der Waals surface area contributed by atoms with Crippen molar-refractivity contribution >= 4 is 27.3 Å². The van der Waals surface area contributed by atoms with Gasteiger partial charge in [0.1, 0.15) is 0 Å². The summed E-state index contributed by atoms with van der Waals surface area (Å²) in [5.74, 6) is 1.39. The molecule has 0 radical (unpaired) electrons. The van der Waals surface area contributed by atoms with Crippen LogP contribution >= 0.6 is 0 Å². The third-order valence-corrected chi connectivity index (χ3v) is 8.64. The minimum absolute atomic E-state index is 0.0850. The van der Waals surface area contributed by atoms with Crippen molar-refractivity contribution in [2.75, 3.05) is 47.8 Å². The van der Waals surface area contributed by atoms with Crippen molar-refractivity contribution in [1.82, 2.24) is 14.7 Å². The molecule has 8 nitrogen and oxygen atoms in total. The zero-order valence-electron chi connectivity index (χ0n) is 19.7. The number of aromatic nitrogens is 2. The summed E-state index contributed by atoms with van der Waals surface area (Å²) in [4.78, 5) is 13.3. The van der Waals surface area contributed by atoms with Gasteiger partial charge in [0.15, 0.2) is 0 Å². The molecule has 2 aromatic rings. The van der Waals surface area contributed by atoms with E-state index in [2.05, 4.69) is 54.1 Å². The second-order valence-electron chi connectivity index (χ2n) is 9.38. The highest BCUT2D eigenvalue weighted by atomic mass is 32.2. The normalized spacial score (nSPS) is 21.9. The van der Waals surface area contributed by atoms with Gasteiger partial charge in [0.25, 0.3) is 0 Å². The molecule has 0 atom stereocenters. The summed E-state index contributed by atoms with van der Waals surface area (Å²) in [6.07, 6.45) is 7.51. The van der Waals surface area contributed by atoms with E-state index in [0.29, 0.717) is 5.92 Å². The van der Waals surface area contributed by atoms with Crippen LogP contribution in [0.3, 0.4) is 0 Å². The van der Waals surface area contributed by atoms with Crippen molar-refractivity contribution in [1.29, 1.82) is 0 Å². The molecule has 2 heterocycles. The zero-order valence-corrected chi connectivity index (χ0v) is 20.5. The quantitative estimate of drug-likeness (QED) is 0.610. The molecule has 0 unspecified atom stereocenters.